The number of nitriles is 1. The Labute approximate surface area is 199 Å². The third-order valence-corrected chi connectivity index (χ3v) is 5.53. The average Bonchev–Trinajstić information content (AvgIpc) is 2.82. The largest absolute Gasteiger partial charge is 0.490 e. The van der Waals surface area contributed by atoms with Gasteiger partial charge in [-0.05, 0) is 48.0 Å². The Bertz CT molecular complexity index is 1290. The van der Waals surface area contributed by atoms with Crippen LogP contribution in [0, 0.1) is 11.3 Å². The van der Waals surface area contributed by atoms with E-state index in [4.69, 9.17) is 19.9 Å². The van der Waals surface area contributed by atoms with Crippen LogP contribution in [0.5, 0.6) is 17.2 Å². The van der Waals surface area contributed by atoms with E-state index in [1.165, 1.54) is 0 Å². The number of halogens is 1. The molecule has 0 radical (unpaired) electrons. The van der Waals surface area contributed by atoms with Gasteiger partial charge in [0.05, 0.1) is 11.5 Å². The van der Waals surface area contributed by atoms with Crippen molar-refractivity contribution in [1.82, 2.24) is 0 Å². The van der Waals surface area contributed by atoms with Gasteiger partial charge in [0, 0.05) is 16.1 Å². The van der Waals surface area contributed by atoms with Crippen LogP contribution >= 0.6 is 15.9 Å². The zero-order chi connectivity index (χ0) is 23.4. The Kier molecular flexibility index (Phi) is 6.48. The number of nitrogens with zero attached hydrogens (tertiary/aromatic N) is 1. The minimum atomic E-state index is -0.522. The summed E-state index contributed by atoms with van der Waals surface area (Å²) in [6.07, 6.45) is 1.64. The van der Waals surface area contributed by atoms with E-state index in [-0.39, 0.29) is 5.88 Å². The number of carbonyl (C=O) groups is 1. The van der Waals surface area contributed by atoms with E-state index in [9.17, 15) is 10.1 Å². The second kappa shape index (κ2) is 9.63. The monoisotopic (exact) mass is 502 g/mol. The van der Waals surface area contributed by atoms with Crippen LogP contribution in [0.1, 0.15) is 27.4 Å². The second-order valence-corrected chi connectivity index (χ2v) is 8.11. The van der Waals surface area contributed by atoms with Crippen LogP contribution < -0.4 is 19.9 Å². The zero-order valence-corrected chi connectivity index (χ0v) is 19.0. The lowest BCUT2D eigenvalue weighted by molar-refractivity contribution is 0.0734. The summed E-state index contributed by atoms with van der Waals surface area (Å²) < 4.78 is 17.5. The number of hydrogen-bond acceptors (Lipinski definition) is 6. The Morgan fingerprint density at radius 2 is 1.91 bits per heavy atom. The summed E-state index contributed by atoms with van der Waals surface area (Å²) in [5.41, 5.74) is 8.39. The summed E-state index contributed by atoms with van der Waals surface area (Å²) in [5, 5.41) is 9.69. The molecule has 4 rings (SSSR count). The Hall–Kier alpha value is -4.02. The molecular weight excluding hydrogens is 484 g/mol. The van der Waals surface area contributed by atoms with Crippen LogP contribution in [0.3, 0.4) is 0 Å². The highest BCUT2D eigenvalue weighted by Gasteiger charge is 2.31. The van der Waals surface area contributed by atoms with Gasteiger partial charge in [0.2, 0.25) is 5.88 Å². The lowest BCUT2D eigenvalue weighted by Gasteiger charge is -2.26. The van der Waals surface area contributed by atoms with Crippen molar-refractivity contribution in [3.63, 3.8) is 0 Å². The number of ether oxygens (including phenoxy) is 3. The van der Waals surface area contributed by atoms with E-state index < -0.39 is 11.9 Å². The molecule has 7 heteroatoms. The van der Waals surface area contributed by atoms with Gasteiger partial charge in [-0.2, -0.15) is 5.26 Å². The molecule has 33 heavy (non-hydrogen) atoms. The van der Waals surface area contributed by atoms with Crippen molar-refractivity contribution in [3.05, 3.63) is 112 Å². The minimum Gasteiger partial charge on any atom is -0.490 e. The molecular formula is C26H19BrN2O4. The van der Waals surface area contributed by atoms with Gasteiger partial charge in [-0.3, -0.25) is 0 Å². The first-order valence-electron chi connectivity index (χ1n) is 10.0. The molecule has 1 atom stereocenters. The fourth-order valence-electron chi connectivity index (χ4n) is 3.54. The number of fused-ring (bicyclic) bond motifs is 1. The molecule has 3 aromatic rings. The fourth-order valence-corrected chi connectivity index (χ4v) is 3.95. The van der Waals surface area contributed by atoms with Gasteiger partial charge in [-0.25, -0.2) is 4.79 Å². The molecule has 0 aromatic heterocycles. The maximum atomic E-state index is 12.6. The highest BCUT2D eigenvalue weighted by Crippen LogP contribution is 2.43. The van der Waals surface area contributed by atoms with Gasteiger partial charge < -0.3 is 19.9 Å². The fraction of sp³-hybridized carbons (Fsp3) is 0.0769. The molecule has 1 heterocycles. The average molecular weight is 503 g/mol. The molecule has 2 N–H and O–H groups in total. The molecule has 0 bridgehead atoms. The molecule has 164 valence electrons. The first-order valence-corrected chi connectivity index (χ1v) is 10.8. The first-order chi connectivity index (χ1) is 16.0. The number of rotatable bonds is 6. The molecule has 0 saturated carbocycles. The van der Waals surface area contributed by atoms with E-state index in [0.29, 0.717) is 35.0 Å². The smallest absolute Gasteiger partial charge is 0.343 e. The van der Waals surface area contributed by atoms with Gasteiger partial charge >= 0.3 is 5.97 Å². The molecule has 0 aliphatic carbocycles. The van der Waals surface area contributed by atoms with Gasteiger partial charge in [0.25, 0.3) is 0 Å². The number of hydrogen-bond donors (Lipinski definition) is 1. The standard InChI is InChI=1S/C26H19BrN2O4/c1-2-12-31-19-8-6-16(7-9-19)26(30)32-20-10-11-21-23(14-20)33-25(29)22(15-28)24(21)17-4-3-5-18(27)13-17/h2-11,13-14,24H,1,12,29H2. The number of esters is 1. The second-order valence-electron chi connectivity index (χ2n) is 7.19. The van der Waals surface area contributed by atoms with E-state index in [2.05, 4.69) is 28.6 Å². The molecule has 0 amide bonds. The van der Waals surface area contributed by atoms with Gasteiger partial charge in [-0.1, -0.05) is 46.8 Å². The third kappa shape index (κ3) is 4.76. The summed E-state index contributed by atoms with van der Waals surface area (Å²) in [5.74, 6) is 0.452. The van der Waals surface area contributed by atoms with E-state index in [1.54, 1.807) is 48.5 Å². The number of carbonyl (C=O) groups excluding carboxylic acids is 1. The van der Waals surface area contributed by atoms with Crippen LogP contribution in [0.25, 0.3) is 0 Å². The Morgan fingerprint density at radius 1 is 1.15 bits per heavy atom. The van der Waals surface area contributed by atoms with E-state index in [1.807, 2.05) is 24.3 Å². The van der Waals surface area contributed by atoms with E-state index >= 15 is 0 Å². The Morgan fingerprint density at radius 3 is 2.61 bits per heavy atom. The lowest BCUT2D eigenvalue weighted by atomic mass is 9.83. The van der Waals surface area contributed by atoms with Crippen LogP contribution in [0.4, 0.5) is 0 Å². The van der Waals surface area contributed by atoms with Gasteiger partial charge in [0.1, 0.15) is 35.5 Å². The van der Waals surface area contributed by atoms with Crippen LogP contribution in [-0.4, -0.2) is 12.6 Å². The van der Waals surface area contributed by atoms with Crippen LogP contribution in [-0.2, 0) is 0 Å². The molecule has 0 fully saturated rings. The maximum absolute atomic E-state index is 12.6. The highest BCUT2D eigenvalue weighted by molar-refractivity contribution is 9.10. The minimum absolute atomic E-state index is 0.0218. The normalized spacial score (nSPS) is 14.5. The topological polar surface area (TPSA) is 94.6 Å². The zero-order valence-electron chi connectivity index (χ0n) is 17.5. The summed E-state index contributed by atoms with van der Waals surface area (Å²) in [6, 6.07) is 21.5. The first kappa shape index (κ1) is 22.2. The number of benzene rings is 3. The van der Waals surface area contributed by atoms with Crippen LogP contribution in [0.15, 0.2) is 95.3 Å². The molecule has 3 aromatic carbocycles. The summed E-state index contributed by atoms with van der Waals surface area (Å²) in [6.45, 7) is 3.98. The summed E-state index contributed by atoms with van der Waals surface area (Å²) >= 11 is 3.47. The third-order valence-electron chi connectivity index (χ3n) is 5.04. The van der Waals surface area contributed by atoms with Crippen LogP contribution in [0.2, 0.25) is 0 Å². The summed E-state index contributed by atoms with van der Waals surface area (Å²) in [4.78, 5) is 12.6. The maximum Gasteiger partial charge on any atom is 0.343 e. The molecule has 1 unspecified atom stereocenters. The summed E-state index contributed by atoms with van der Waals surface area (Å²) in [7, 11) is 0. The van der Waals surface area contributed by atoms with Crippen molar-refractivity contribution in [1.29, 1.82) is 5.26 Å². The molecule has 0 saturated heterocycles. The quantitative estimate of drug-likeness (QED) is 0.273. The predicted octanol–water partition coefficient (Wildman–Crippen LogP) is 5.45. The predicted molar refractivity (Wildman–Crippen MR) is 127 cm³/mol. The van der Waals surface area contributed by atoms with Crippen molar-refractivity contribution in [2.75, 3.05) is 6.61 Å². The van der Waals surface area contributed by atoms with Crippen molar-refractivity contribution in [2.45, 2.75) is 5.92 Å². The number of nitrogens with two attached hydrogens (primary N) is 1. The number of allylic oxidation sites excluding steroid dienone is 1. The highest BCUT2D eigenvalue weighted by atomic mass is 79.9. The molecule has 1 aliphatic rings. The molecule has 6 nitrogen and oxygen atoms in total. The van der Waals surface area contributed by atoms with E-state index in [0.717, 1.165) is 15.6 Å². The van der Waals surface area contributed by atoms with Crippen molar-refractivity contribution >= 4 is 21.9 Å². The lowest BCUT2D eigenvalue weighted by Crippen LogP contribution is -2.21. The van der Waals surface area contributed by atoms with Crippen molar-refractivity contribution < 1.29 is 19.0 Å². The van der Waals surface area contributed by atoms with Gasteiger partial charge in [-0.15, -0.1) is 0 Å². The van der Waals surface area contributed by atoms with Crippen molar-refractivity contribution in [3.8, 4) is 23.3 Å². The SMILES string of the molecule is C=CCOc1ccc(C(=O)Oc2ccc3c(c2)OC(N)=C(C#N)C3c2cccc(Br)c2)cc1. The van der Waals surface area contributed by atoms with Crippen molar-refractivity contribution in [2.24, 2.45) is 5.73 Å². The molecule has 1 aliphatic heterocycles. The van der Waals surface area contributed by atoms with Gasteiger partial charge in [0.15, 0.2) is 0 Å². The molecule has 0 spiro atoms. The Balaban J connectivity index is 1.60.